The van der Waals surface area contributed by atoms with Crippen molar-refractivity contribution in [1.29, 1.82) is 0 Å². The summed E-state index contributed by atoms with van der Waals surface area (Å²) in [7, 11) is 0. The second-order valence-electron chi connectivity index (χ2n) is 3.07. The van der Waals surface area contributed by atoms with Gasteiger partial charge in [-0.25, -0.2) is 0 Å². The molecule has 0 amide bonds. The molecule has 12 heavy (non-hydrogen) atoms. The molecular formula is C9H9BrClN. The second-order valence-corrected chi connectivity index (χ2v) is 4.27. The summed E-state index contributed by atoms with van der Waals surface area (Å²) >= 11 is 9.42. The van der Waals surface area contributed by atoms with Crippen LogP contribution in [0.2, 0.25) is 5.02 Å². The monoisotopic (exact) mass is 245 g/mol. The molecule has 0 radical (unpaired) electrons. The second kappa shape index (κ2) is 3.02. The highest BCUT2D eigenvalue weighted by Crippen LogP contribution is 2.37. The lowest BCUT2D eigenvalue weighted by Gasteiger charge is -2.06. The smallest absolute Gasteiger partial charge is 0.0551 e. The third-order valence-corrected chi connectivity index (χ3v) is 3.79. The van der Waals surface area contributed by atoms with Crippen LogP contribution in [0.1, 0.15) is 23.6 Å². The summed E-state index contributed by atoms with van der Waals surface area (Å²) in [6.07, 6.45) is 2.08. The zero-order valence-corrected chi connectivity index (χ0v) is 8.82. The van der Waals surface area contributed by atoms with E-state index in [2.05, 4.69) is 15.9 Å². The molecule has 0 aliphatic heterocycles. The van der Waals surface area contributed by atoms with Gasteiger partial charge in [0.1, 0.15) is 0 Å². The fraction of sp³-hybridized carbons (Fsp3) is 0.333. The van der Waals surface area contributed by atoms with Gasteiger partial charge in [-0.3, -0.25) is 0 Å². The number of benzene rings is 1. The van der Waals surface area contributed by atoms with Crippen LogP contribution in [0, 0.1) is 0 Å². The maximum Gasteiger partial charge on any atom is 0.0551 e. The van der Waals surface area contributed by atoms with E-state index in [-0.39, 0.29) is 6.04 Å². The van der Waals surface area contributed by atoms with Gasteiger partial charge >= 0.3 is 0 Å². The van der Waals surface area contributed by atoms with Crippen molar-refractivity contribution < 1.29 is 0 Å². The number of nitrogens with two attached hydrogens (primary N) is 1. The van der Waals surface area contributed by atoms with Gasteiger partial charge in [-0.15, -0.1) is 0 Å². The fourth-order valence-electron chi connectivity index (χ4n) is 1.66. The van der Waals surface area contributed by atoms with Gasteiger partial charge in [0, 0.05) is 10.5 Å². The molecule has 2 N–H and O–H groups in total. The molecule has 1 aliphatic carbocycles. The van der Waals surface area contributed by atoms with Crippen LogP contribution < -0.4 is 5.73 Å². The van der Waals surface area contributed by atoms with E-state index in [4.69, 9.17) is 17.3 Å². The van der Waals surface area contributed by atoms with Crippen LogP contribution in [0.4, 0.5) is 0 Å². The number of hydrogen-bond donors (Lipinski definition) is 1. The molecule has 1 unspecified atom stereocenters. The minimum Gasteiger partial charge on any atom is -0.324 e. The Hall–Kier alpha value is -0.0500. The van der Waals surface area contributed by atoms with Crippen LogP contribution in [-0.4, -0.2) is 0 Å². The highest BCUT2D eigenvalue weighted by atomic mass is 79.9. The first-order chi connectivity index (χ1) is 5.70. The lowest BCUT2D eigenvalue weighted by atomic mass is 10.1. The normalized spacial score (nSPS) is 21.1. The van der Waals surface area contributed by atoms with E-state index in [9.17, 15) is 0 Å². The first-order valence-electron chi connectivity index (χ1n) is 3.92. The summed E-state index contributed by atoms with van der Waals surface area (Å²) in [5.41, 5.74) is 8.43. The summed E-state index contributed by atoms with van der Waals surface area (Å²) in [5.74, 6) is 0. The molecule has 1 atom stereocenters. The van der Waals surface area contributed by atoms with Gasteiger partial charge in [0.15, 0.2) is 0 Å². The zero-order valence-electron chi connectivity index (χ0n) is 6.48. The first-order valence-corrected chi connectivity index (χ1v) is 5.09. The van der Waals surface area contributed by atoms with Crippen LogP contribution in [0.25, 0.3) is 0 Å². The van der Waals surface area contributed by atoms with Crippen molar-refractivity contribution in [2.45, 2.75) is 18.9 Å². The van der Waals surface area contributed by atoms with Crippen LogP contribution in [-0.2, 0) is 6.42 Å². The van der Waals surface area contributed by atoms with Gasteiger partial charge in [0.05, 0.1) is 5.02 Å². The van der Waals surface area contributed by atoms with Crippen molar-refractivity contribution in [2.24, 2.45) is 5.73 Å². The molecule has 0 bridgehead atoms. The lowest BCUT2D eigenvalue weighted by Crippen LogP contribution is -2.04. The topological polar surface area (TPSA) is 26.0 Å². The predicted molar refractivity (Wildman–Crippen MR) is 54.4 cm³/mol. The van der Waals surface area contributed by atoms with E-state index < -0.39 is 0 Å². The van der Waals surface area contributed by atoms with Crippen LogP contribution >= 0.6 is 27.5 Å². The van der Waals surface area contributed by atoms with Crippen molar-refractivity contribution in [1.82, 2.24) is 0 Å². The SMILES string of the molecule is NC1CCc2c1ccc(Cl)c2Br. The molecule has 1 aromatic carbocycles. The molecule has 0 fully saturated rings. The van der Waals surface area contributed by atoms with E-state index in [1.54, 1.807) is 0 Å². The third kappa shape index (κ3) is 1.18. The molecule has 0 saturated heterocycles. The Balaban J connectivity index is 2.60. The maximum absolute atomic E-state index is 5.95. The predicted octanol–water partition coefficient (Wildman–Crippen LogP) is 3.05. The Morgan fingerprint density at radius 2 is 2.25 bits per heavy atom. The van der Waals surface area contributed by atoms with Crippen LogP contribution in [0.5, 0.6) is 0 Å². The summed E-state index contributed by atoms with van der Waals surface area (Å²) in [6.45, 7) is 0. The van der Waals surface area contributed by atoms with Crippen molar-refractivity contribution in [3.8, 4) is 0 Å². The number of rotatable bonds is 0. The first kappa shape index (κ1) is 8.54. The van der Waals surface area contributed by atoms with Crippen molar-refractivity contribution in [3.05, 3.63) is 32.8 Å². The molecule has 2 rings (SSSR count). The standard InChI is InChI=1S/C9H9BrClN/c10-9-6-2-4-8(12)5(6)1-3-7(9)11/h1,3,8H,2,4,12H2. The van der Waals surface area contributed by atoms with E-state index in [0.29, 0.717) is 0 Å². The van der Waals surface area contributed by atoms with Gasteiger partial charge in [-0.1, -0.05) is 17.7 Å². The zero-order chi connectivity index (χ0) is 8.72. The minimum atomic E-state index is 0.202. The molecule has 1 aliphatic rings. The average molecular weight is 247 g/mol. The van der Waals surface area contributed by atoms with Gasteiger partial charge in [-0.2, -0.15) is 0 Å². The molecule has 0 aromatic heterocycles. The summed E-state index contributed by atoms with van der Waals surface area (Å²) < 4.78 is 1.02. The fourth-order valence-corrected chi connectivity index (χ4v) is 2.40. The van der Waals surface area contributed by atoms with Crippen LogP contribution in [0.15, 0.2) is 16.6 Å². The van der Waals surface area contributed by atoms with Crippen molar-refractivity contribution in [3.63, 3.8) is 0 Å². The van der Waals surface area contributed by atoms with Gasteiger partial charge in [0.25, 0.3) is 0 Å². The highest BCUT2D eigenvalue weighted by Gasteiger charge is 2.21. The average Bonchev–Trinajstić information content (AvgIpc) is 2.41. The Morgan fingerprint density at radius 3 is 3.00 bits per heavy atom. The molecule has 0 saturated carbocycles. The Kier molecular flexibility index (Phi) is 2.15. The third-order valence-electron chi connectivity index (χ3n) is 2.34. The quantitative estimate of drug-likeness (QED) is 0.748. The van der Waals surface area contributed by atoms with Gasteiger partial charge in [-0.05, 0) is 46.0 Å². The highest BCUT2D eigenvalue weighted by molar-refractivity contribution is 9.10. The molecule has 64 valence electrons. The van der Waals surface area contributed by atoms with E-state index in [1.807, 2.05) is 12.1 Å². The molecule has 1 aromatic rings. The minimum absolute atomic E-state index is 0.202. The van der Waals surface area contributed by atoms with Gasteiger partial charge < -0.3 is 5.73 Å². The lowest BCUT2D eigenvalue weighted by molar-refractivity contribution is 0.713. The number of fused-ring (bicyclic) bond motifs is 1. The summed E-state index contributed by atoms with van der Waals surface area (Å²) in [5, 5.41) is 0.780. The van der Waals surface area contributed by atoms with Gasteiger partial charge in [0.2, 0.25) is 0 Å². The molecular weight excluding hydrogens is 237 g/mol. The molecule has 1 nitrogen and oxygen atoms in total. The number of hydrogen-bond acceptors (Lipinski definition) is 1. The maximum atomic E-state index is 5.95. The molecule has 0 spiro atoms. The van der Waals surface area contributed by atoms with Crippen LogP contribution in [0.3, 0.4) is 0 Å². The molecule has 3 heteroatoms. The van der Waals surface area contributed by atoms with E-state index in [0.717, 1.165) is 22.3 Å². The largest absolute Gasteiger partial charge is 0.324 e. The van der Waals surface area contributed by atoms with E-state index >= 15 is 0 Å². The Bertz CT molecular complexity index is 325. The Labute approximate surface area is 85.0 Å². The van der Waals surface area contributed by atoms with Crippen molar-refractivity contribution >= 4 is 27.5 Å². The van der Waals surface area contributed by atoms with Crippen molar-refractivity contribution in [2.75, 3.05) is 0 Å². The molecule has 0 heterocycles. The van der Waals surface area contributed by atoms with E-state index in [1.165, 1.54) is 11.1 Å². The Morgan fingerprint density at radius 1 is 1.50 bits per heavy atom. The summed E-state index contributed by atoms with van der Waals surface area (Å²) in [4.78, 5) is 0. The summed E-state index contributed by atoms with van der Waals surface area (Å²) in [6, 6.07) is 4.13. The number of halogens is 2.